The summed E-state index contributed by atoms with van der Waals surface area (Å²) in [5.41, 5.74) is 1.93. The van der Waals surface area contributed by atoms with Crippen molar-refractivity contribution in [1.29, 1.82) is 0 Å². The fourth-order valence-corrected chi connectivity index (χ4v) is 1.39. The molecule has 1 rings (SSSR count). The first-order chi connectivity index (χ1) is 7.80. The third kappa shape index (κ3) is 4.10. The number of amides is 1. The lowest BCUT2D eigenvalue weighted by Gasteiger charge is -2.18. The molecule has 0 saturated heterocycles. The number of anilines is 1. The first-order valence-corrected chi connectivity index (χ1v) is 5.85. The molecule has 0 radical (unpaired) electrons. The van der Waals surface area contributed by atoms with Gasteiger partial charge in [0.25, 0.3) is 0 Å². The normalized spacial score (nSPS) is 11.1. The predicted octanol–water partition coefficient (Wildman–Crippen LogP) is 2.41. The van der Waals surface area contributed by atoms with Crippen molar-refractivity contribution in [3.63, 3.8) is 0 Å². The fourth-order valence-electron chi connectivity index (χ4n) is 1.39. The molecule has 17 heavy (non-hydrogen) atoms. The highest BCUT2D eigenvalue weighted by Crippen LogP contribution is 2.15. The molecule has 1 aromatic rings. The van der Waals surface area contributed by atoms with E-state index in [1.54, 1.807) is 0 Å². The van der Waals surface area contributed by atoms with Crippen LogP contribution in [0.15, 0.2) is 24.3 Å². The Hall–Kier alpha value is -1.51. The minimum atomic E-state index is -0.334. The number of hydrogen-bond donors (Lipinski definition) is 1. The fraction of sp³-hybridized carbons (Fsp3) is 0.500. The highest BCUT2D eigenvalue weighted by atomic mass is 16.2. The van der Waals surface area contributed by atoms with Crippen LogP contribution in [0.2, 0.25) is 0 Å². The first kappa shape index (κ1) is 13.6. The largest absolute Gasteiger partial charge is 0.378 e. The standard InChI is InChI=1S/C14H22N2O/c1-14(2,3)13(17)15-10-11-7-6-8-12(9-11)16(4)5/h6-9H,10H2,1-5H3,(H,15,17). The Balaban J connectivity index is 2.64. The molecular weight excluding hydrogens is 212 g/mol. The highest BCUT2D eigenvalue weighted by Gasteiger charge is 2.20. The van der Waals surface area contributed by atoms with Gasteiger partial charge >= 0.3 is 0 Å². The number of nitrogens with zero attached hydrogens (tertiary/aromatic N) is 1. The van der Waals surface area contributed by atoms with E-state index < -0.39 is 0 Å². The van der Waals surface area contributed by atoms with E-state index in [-0.39, 0.29) is 11.3 Å². The Morgan fingerprint density at radius 3 is 2.47 bits per heavy atom. The molecule has 0 saturated carbocycles. The molecule has 1 aromatic carbocycles. The average molecular weight is 234 g/mol. The van der Waals surface area contributed by atoms with Crippen LogP contribution in [0, 0.1) is 5.41 Å². The number of carbonyl (C=O) groups is 1. The molecule has 3 heteroatoms. The van der Waals surface area contributed by atoms with E-state index in [4.69, 9.17) is 0 Å². The third-order valence-corrected chi connectivity index (χ3v) is 2.56. The molecule has 0 aliphatic heterocycles. The third-order valence-electron chi connectivity index (χ3n) is 2.56. The van der Waals surface area contributed by atoms with Crippen molar-refractivity contribution >= 4 is 11.6 Å². The molecule has 0 aliphatic carbocycles. The van der Waals surface area contributed by atoms with Gasteiger partial charge in [0.05, 0.1) is 0 Å². The number of rotatable bonds is 3. The highest BCUT2D eigenvalue weighted by molar-refractivity contribution is 5.81. The maximum absolute atomic E-state index is 11.7. The van der Waals surface area contributed by atoms with Gasteiger partial charge in [0.15, 0.2) is 0 Å². The lowest BCUT2D eigenvalue weighted by molar-refractivity contribution is -0.128. The number of hydrogen-bond acceptors (Lipinski definition) is 2. The molecule has 0 aromatic heterocycles. The van der Waals surface area contributed by atoms with Gasteiger partial charge in [-0.05, 0) is 17.7 Å². The summed E-state index contributed by atoms with van der Waals surface area (Å²) in [5, 5.41) is 2.95. The quantitative estimate of drug-likeness (QED) is 0.871. The summed E-state index contributed by atoms with van der Waals surface area (Å²) in [6.07, 6.45) is 0. The SMILES string of the molecule is CN(C)c1cccc(CNC(=O)C(C)(C)C)c1. The molecular formula is C14H22N2O. The van der Waals surface area contributed by atoms with E-state index >= 15 is 0 Å². The molecule has 1 amide bonds. The van der Waals surface area contributed by atoms with Crippen LogP contribution in [0.5, 0.6) is 0 Å². The molecule has 3 nitrogen and oxygen atoms in total. The molecule has 0 atom stereocenters. The van der Waals surface area contributed by atoms with Crippen LogP contribution < -0.4 is 10.2 Å². The smallest absolute Gasteiger partial charge is 0.225 e. The van der Waals surface area contributed by atoms with Gasteiger partial charge in [-0.2, -0.15) is 0 Å². The van der Waals surface area contributed by atoms with Crippen molar-refractivity contribution in [1.82, 2.24) is 5.32 Å². The molecule has 94 valence electrons. The Morgan fingerprint density at radius 2 is 1.94 bits per heavy atom. The molecule has 0 spiro atoms. The Labute approximate surface area is 104 Å². The maximum atomic E-state index is 11.7. The van der Waals surface area contributed by atoms with Gasteiger partial charge in [-0.15, -0.1) is 0 Å². The molecule has 0 aliphatic rings. The molecule has 0 heterocycles. The van der Waals surface area contributed by atoms with Crippen molar-refractivity contribution in [2.75, 3.05) is 19.0 Å². The van der Waals surface area contributed by atoms with Crippen molar-refractivity contribution < 1.29 is 4.79 Å². The van der Waals surface area contributed by atoms with E-state index in [0.717, 1.165) is 11.3 Å². The Kier molecular flexibility index (Phi) is 4.16. The van der Waals surface area contributed by atoms with Crippen molar-refractivity contribution in [3.8, 4) is 0 Å². The summed E-state index contributed by atoms with van der Waals surface area (Å²) < 4.78 is 0. The van der Waals surface area contributed by atoms with Gasteiger partial charge in [-0.1, -0.05) is 32.9 Å². The van der Waals surface area contributed by atoms with Gasteiger partial charge in [0, 0.05) is 31.7 Å². The average Bonchev–Trinajstić information content (AvgIpc) is 2.25. The van der Waals surface area contributed by atoms with Crippen LogP contribution in [0.4, 0.5) is 5.69 Å². The zero-order valence-electron chi connectivity index (χ0n) is 11.4. The molecule has 0 unspecified atom stereocenters. The monoisotopic (exact) mass is 234 g/mol. The predicted molar refractivity (Wildman–Crippen MR) is 72.1 cm³/mol. The van der Waals surface area contributed by atoms with Crippen molar-refractivity contribution in [3.05, 3.63) is 29.8 Å². The Bertz CT molecular complexity index is 391. The second-order valence-electron chi connectivity index (χ2n) is 5.50. The van der Waals surface area contributed by atoms with Gasteiger partial charge < -0.3 is 10.2 Å². The second-order valence-corrected chi connectivity index (χ2v) is 5.50. The van der Waals surface area contributed by atoms with Crippen LogP contribution in [-0.4, -0.2) is 20.0 Å². The van der Waals surface area contributed by atoms with Crippen LogP contribution in [0.3, 0.4) is 0 Å². The van der Waals surface area contributed by atoms with Crippen molar-refractivity contribution in [2.45, 2.75) is 27.3 Å². The zero-order chi connectivity index (χ0) is 13.1. The summed E-state index contributed by atoms with van der Waals surface area (Å²) in [6.45, 7) is 6.33. The summed E-state index contributed by atoms with van der Waals surface area (Å²) in [5.74, 6) is 0.0766. The van der Waals surface area contributed by atoms with Gasteiger partial charge in [0.2, 0.25) is 5.91 Å². The summed E-state index contributed by atoms with van der Waals surface area (Å²) in [6, 6.07) is 8.17. The van der Waals surface area contributed by atoms with Crippen LogP contribution in [-0.2, 0) is 11.3 Å². The summed E-state index contributed by atoms with van der Waals surface area (Å²) >= 11 is 0. The second kappa shape index (κ2) is 5.21. The zero-order valence-corrected chi connectivity index (χ0v) is 11.4. The number of benzene rings is 1. The van der Waals surface area contributed by atoms with E-state index in [2.05, 4.69) is 22.3 Å². The van der Waals surface area contributed by atoms with Crippen LogP contribution >= 0.6 is 0 Å². The number of nitrogens with one attached hydrogen (secondary N) is 1. The minimum absolute atomic E-state index is 0.0766. The summed E-state index contributed by atoms with van der Waals surface area (Å²) in [7, 11) is 4.01. The maximum Gasteiger partial charge on any atom is 0.225 e. The van der Waals surface area contributed by atoms with Gasteiger partial charge in [0.1, 0.15) is 0 Å². The molecule has 0 fully saturated rings. The molecule has 0 bridgehead atoms. The lowest BCUT2D eigenvalue weighted by atomic mass is 9.95. The number of carbonyl (C=O) groups excluding carboxylic acids is 1. The van der Waals surface area contributed by atoms with Crippen molar-refractivity contribution in [2.24, 2.45) is 5.41 Å². The minimum Gasteiger partial charge on any atom is -0.378 e. The first-order valence-electron chi connectivity index (χ1n) is 5.85. The topological polar surface area (TPSA) is 32.3 Å². The van der Waals surface area contributed by atoms with E-state index in [9.17, 15) is 4.79 Å². The lowest BCUT2D eigenvalue weighted by Crippen LogP contribution is -2.34. The molecule has 1 N–H and O–H groups in total. The van der Waals surface area contributed by atoms with E-state index in [1.807, 2.05) is 47.0 Å². The Morgan fingerprint density at radius 1 is 1.29 bits per heavy atom. The summed E-state index contributed by atoms with van der Waals surface area (Å²) in [4.78, 5) is 13.8. The van der Waals surface area contributed by atoms with Gasteiger partial charge in [-0.3, -0.25) is 4.79 Å². The van der Waals surface area contributed by atoms with E-state index in [0.29, 0.717) is 6.54 Å². The van der Waals surface area contributed by atoms with Gasteiger partial charge in [-0.25, -0.2) is 0 Å². The van der Waals surface area contributed by atoms with Crippen LogP contribution in [0.25, 0.3) is 0 Å². The van der Waals surface area contributed by atoms with E-state index in [1.165, 1.54) is 0 Å². The van der Waals surface area contributed by atoms with Crippen LogP contribution in [0.1, 0.15) is 26.3 Å².